The highest BCUT2D eigenvalue weighted by molar-refractivity contribution is 5.82. The van der Waals surface area contributed by atoms with Crippen molar-refractivity contribution in [3.8, 4) is 0 Å². The first kappa shape index (κ1) is 13.4. The Hall–Kier alpha value is -0.610. The standard InChI is InChI=1S/C10H22N2O2/c1-4-7(3)9(11)10(14)12-8(5-2)6-13/h7-9,13H,4-6,11H2,1-3H3,(H,12,14)/t7?,8-,9?/m0/s1. The molecular formula is C10H22N2O2. The van der Waals surface area contributed by atoms with Crippen molar-refractivity contribution in [3.05, 3.63) is 0 Å². The van der Waals surface area contributed by atoms with Gasteiger partial charge in [-0.15, -0.1) is 0 Å². The van der Waals surface area contributed by atoms with Crippen LogP contribution in [0.3, 0.4) is 0 Å². The summed E-state index contributed by atoms with van der Waals surface area (Å²) >= 11 is 0. The lowest BCUT2D eigenvalue weighted by atomic mass is 9.99. The third-order valence-corrected chi connectivity index (χ3v) is 2.62. The van der Waals surface area contributed by atoms with Gasteiger partial charge in [-0.3, -0.25) is 4.79 Å². The number of nitrogens with one attached hydrogen (secondary N) is 1. The van der Waals surface area contributed by atoms with Crippen LogP contribution < -0.4 is 11.1 Å². The lowest BCUT2D eigenvalue weighted by Gasteiger charge is -2.21. The summed E-state index contributed by atoms with van der Waals surface area (Å²) in [5, 5.41) is 11.6. The number of hydrogen-bond donors (Lipinski definition) is 3. The molecule has 0 aliphatic rings. The second kappa shape index (κ2) is 6.79. The van der Waals surface area contributed by atoms with Crippen molar-refractivity contribution in [2.45, 2.75) is 45.7 Å². The number of hydrogen-bond acceptors (Lipinski definition) is 3. The third-order valence-electron chi connectivity index (χ3n) is 2.62. The second-order valence-electron chi connectivity index (χ2n) is 3.71. The number of aliphatic hydroxyl groups is 1. The average molecular weight is 202 g/mol. The van der Waals surface area contributed by atoms with Gasteiger partial charge in [0.15, 0.2) is 0 Å². The first-order chi connectivity index (χ1) is 6.56. The molecule has 0 fully saturated rings. The summed E-state index contributed by atoms with van der Waals surface area (Å²) < 4.78 is 0. The van der Waals surface area contributed by atoms with Gasteiger partial charge in [0.05, 0.1) is 18.7 Å². The molecule has 4 nitrogen and oxygen atoms in total. The molecule has 0 aromatic carbocycles. The molecule has 0 radical (unpaired) electrons. The van der Waals surface area contributed by atoms with Crippen LogP contribution in [-0.4, -0.2) is 29.7 Å². The van der Waals surface area contributed by atoms with Gasteiger partial charge in [-0.1, -0.05) is 27.2 Å². The van der Waals surface area contributed by atoms with E-state index in [2.05, 4.69) is 5.32 Å². The number of carbonyl (C=O) groups excluding carboxylic acids is 1. The van der Waals surface area contributed by atoms with Gasteiger partial charge in [0, 0.05) is 0 Å². The fourth-order valence-corrected chi connectivity index (χ4v) is 1.09. The molecule has 0 aliphatic carbocycles. The van der Waals surface area contributed by atoms with Crippen molar-refractivity contribution >= 4 is 5.91 Å². The van der Waals surface area contributed by atoms with Crippen LogP contribution in [-0.2, 0) is 4.79 Å². The summed E-state index contributed by atoms with van der Waals surface area (Å²) in [4.78, 5) is 11.5. The molecule has 4 heteroatoms. The lowest BCUT2D eigenvalue weighted by Crippen LogP contribution is -2.49. The minimum Gasteiger partial charge on any atom is -0.394 e. The van der Waals surface area contributed by atoms with Crippen LogP contribution in [0.1, 0.15) is 33.6 Å². The van der Waals surface area contributed by atoms with Crippen molar-refractivity contribution in [3.63, 3.8) is 0 Å². The predicted molar refractivity (Wildman–Crippen MR) is 56.7 cm³/mol. The first-order valence-corrected chi connectivity index (χ1v) is 5.23. The zero-order chi connectivity index (χ0) is 11.1. The number of nitrogens with two attached hydrogens (primary N) is 1. The Balaban J connectivity index is 4.06. The normalized spacial score (nSPS) is 17.2. The molecule has 0 bridgehead atoms. The van der Waals surface area contributed by atoms with Crippen molar-refractivity contribution in [2.75, 3.05) is 6.61 Å². The Morgan fingerprint density at radius 1 is 1.43 bits per heavy atom. The fourth-order valence-electron chi connectivity index (χ4n) is 1.09. The Bertz CT molecular complexity index is 170. The van der Waals surface area contributed by atoms with Crippen LogP contribution >= 0.6 is 0 Å². The summed E-state index contributed by atoms with van der Waals surface area (Å²) in [5.74, 6) is 0.00597. The predicted octanol–water partition coefficient (Wildman–Crippen LogP) is 0.247. The molecule has 14 heavy (non-hydrogen) atoms. The van der Waals surface area contributed by atoms with Gasteiger partial charge in [-0.05, 0) is 12.3 Å². The molecule has 0 aromatic rings. The summed E-state index contributed by atoms with van der Waals surface area (Å²) in [6.45, 7) is 5.83. The maximum Gasteiger partial charge on any atom is 0.237 e. The largest absolute Gasteiger partial charge is 0.394 e. The monoisotopic (exact) mass is 202 g/mol. The van der Waals surface area contributed by atoms with Crippen LogP contribution in [0.5, 0.6) is 0 Å². The van der Waals surface area contributed by atoms with Crippen molar-refractivity contribution < 1.29 is 9.90 Å². The van der Waals surface area contributed by atoms with Crippen LogP contribution in [0.4, 0.5) is 0 Å². The van der Waals surface area contributed by atoms with E-state index in [9.17, 15) is 4.79 Å². The van der Waals surface area contributed by atoms with E-state index in [1.165, 1.54) is 0 Å². The summed E-state index contributed by atoms with van der Waals surface area (Å²) in [7, 11) is 0. The zero-order valence-electron chi connectivity index (χ0n) is 9.29. The average Bonchev–Trinajstić information content (AvgIpc) is 2.23. The molecule has 4 N–H and O–H groups in total. The van der Waals surface area contributed by atoms with Crippen LogP contribution in [0.15, 0.2) is 0 Å². The molecule has 0 saturated carbocycles. The molecule has 0 aromatic heterocycles. The molecule has 3 atom stereocenters. The van der Waals surface area contributed by atoms with Gasteiger partial charge in [0.2, 0.25) is 5.91 Å². The second-order valence-corrected chi connectivity index (χ2v) is 3.71. The molecule has 0 saturated heterocycles. The Morgan fingerprint density at radius 2 is 2.00 bits per heavy atom. The van der Waals surface area contributed by atoms with E-state index >= 15 is 0 Å². The van der Waals surface area contributed by atoms with Crippen molar-refractivity contribution in [1.82, 2.24) is 5.32 Å². The number of carbonyl (C=O) groups is 1. The van der Waals surface area contributed by atoms with E-state index in [0.717, 1.165) is 12.8 Å². The maximum absolute atomic E-state index is 11.5. The Labute approximate surface area is 85.9 Å². The van der Waals surface area contributed by atoms with Crippen molar-refractivity contribution in [1.29, 1.82) is 0 Å². The van der Waals surface area contributed by atoms with Gasteiger partial charge < -0.3 is 16.2 Å². The molecule has 2 unspecified atom stereocenters. The van der Waals surface area contributed by atoms with Gasteiger partial charge in [0.1, 0.15) is 0 Å². The SMILES string of the molecule is CCC(C)C(N)C(=O)N[C@@H](CC)CO. The van der Waals surface area contributed by atoms with Gasteiger partial charge >= 0.3 is 0 Å². The lowest BCUT2D eigenvalue weighted by molar-refractivity contribution is -0.124. The van der Waals surface area contributed by atoms with Crippen molar-refractivity contribution in [2.24, 2.45) is 11.7 Å². The summed E-state index contributed by atoms with van der Waals surface area (Å²) in [6.07, 6.45) is 1.60. The van der Waals surface area contributed by atoms with Crippen LogP contribution in [0.2, 0.25) is 0 Å². The Kier molecular flexibility index (Phi) is 6.49. The first-order valence-electron chi connectivity index (χ1n) is 5.23. The van der Waals surface area contributed by atoms with Crippen LogP contribution in [0.25, 0.3) is 0 Å². The third kappa shape index (κ3) is 4.07. The van der Waals surface area contributed by atoms with Gasteiger partial charge in [0.25, 0.3) is 0 Å². The molecular weight excluding hydrogens is 180 g/mol. The number of aliphatic hydroxyl groups excluding tert-OH is 1. The minimum atomic E-state index is -0.472. The number of rotatable bonds is 6. The molecule has 1 amide bonds. The molecule has 0 rings (SSSR count). The number of amides is 1. The summed E-state index contributed by atoms with van der Waals surface area (Å²) in [6, 6.07) is -0.641. The highest BCUT2D eigenvalue weighted by Crippen LogP contribution is 2.05. The molecule has 0 aliphatic heterocycles. The van der Waals surface area contributed by atoms with E-state index in [4.69, 9.17) is 10.8 Å². The van der Waals surface area contributed by atoms with Crippen LogP contribution in [0, 0.1) is 5.92 Å². The summed E-state index contributed by atoms with van der Waals surface area (Å²) in [5.41, 5.74) is 5.74. The molecule has 0 spiro atoms. The van der Waals surface area contributed by atoms with E-state index in [0.29, 0.717) is 0 Å². The minimum absolute atomic E-state index is 0.0323. The topological polar surface area (TPSA) is 75.4 Å². The van der Waals surface area contributed by atoms with Gasteiger partial charge in [-0.2, -0.15) is 0 Å². The zero-order valence-corrected chi connectivity index (χ0v) is 9.29. The maximum atomic E-state index is 11.5. The van der Waals surface area contributed by atoms with E-state index in [-0.39, 0.29) is 24.5 Å². The highest BCUT2D eigenvalue weighted by atomic mass is 16.3. The highest BCUT2D eigenvalue weighted by Gasteiger charge is 2.20. The Morgan fingerprint density at radius 3 is 2.36 bits per heavy atom. The van der Waals surface area contributed by atoms with Gasteiger partial charge in [-0.25, -0.2) is 0 Å². The fraction of sp³-hybridized carbons (Fsp3) is 0.900. The van der Waals surface area contributed by atoms with E-state index in [1.807, 2.05) is 20.8 Å². The molecule has 0 heterocycles. The smallest absolute Gasteiger partial charge is 0.237 e. The van der Waals surface area contributed by atoms with E-state index < -0.39 is 6.04 Å². The molecule has 84 valence electrons. The van der Waals surface area contributed by atoms with E-state index in [1.54, 1.807) is 0 Å². The quantitative estimate of drug-likeness (QED) is 0.578.